The molecule has 3 aliphatic heterocycles. The van der Waals surface area contributed by atoms with Gasteiger partial charge >= 0.3 is 14.0 Å². The first-order chi connectivity index (χ1) is 9.81. The molecule has 9 nitrogen and oxygen atoms in total. The summed E-state index contributed by atoms with van der Waals surface area (Å²) in [7, 11) is -3.68. The maximum Gasteiger partial charge on any atom is 0.509 e. The number of ether oxygens (including phenoxy) is 3. The van der Waals surface area contributed by atoms with Gasteiger partial charge in [-0.15, -0.1) is 0 Å². The molecule has 3 fully saturated rings. The summed E-state index contributed by atoms with van der Waals surface area (Å²) < 4.78 is 43.3. The highest BCUT2D eigenvalue weighted by molar-refractivity contribution is 7.48. The number of carbonyl (C=O) groups excluding carboxylic acids is 1. The molecular weight excluding hydrogens is 305 g/mol. The smallest absolute Gasteiger partial charge is 0.424 e. The molecule has 0 spiro atoms. The van der Waals surface area contributed by atoms with E-state index in [1.807, 2.05) is 0 Å². The fourth-order valence-corrected chi connectivity index (χ4v) is 4.00. The van der Waals surface area contributed by atoms with Gasteiger partial charge in [0.15, 0.2) is 17.9 Å². The summed E-state index contributed by atoms with van der Waals surface area (Å²) in [5.41, 5.74) is 4.61. The van der Waals surface area contributed by atoms with Crippen molar-refractivity contribution in [3.63, 3.8) is 0 Å². The number of hydrogen-bond acceptors (Lipinski definition) is 9. The lowest BCUT2D eigenvalue weighted by molar-refractivity contribution is -0.112. The zero-order valence-corrected chi connectivity index (χ0v) is 12.6. The molecule has 0 saturated carbocycles. The summed E-state index contributed by atoms with van der Waals surface area (Å²) in [5.74, 6) is 0. The summed E-state index contributed by atoms with van der Waals surface area (Å²) in [5, 5.41) is 0. The maximum atomic E-state index is 12.3. The van der Waals surface area contributed by atoms with Crippen molar-refractivity contribution in [2.75, 3.05) is 13.2 Å². The van der Waals surface area contributed by atoms with Crippen LogP contribution >= 0.6 is 7.82 Å². The molecule has 2 unspecified atom stereocenters. The Labute approximate surface area is 121 Å². The summed E-state index contributed by atoms with van der Waals surface area (Å²) in [6, 6.07) is 0. The lowest BCUT2D eigenvalue weighted by atomic mass is 10.1. The molecule has 6 atom stereocenters. The summed E-state index contributed by atoms with van der Waals surface area (Å²) in [6.07, 6.45) is -2.30. The molecule has 10 heteroatoms. The molecule has 0 radical (unpaired) electrons. The van der Waals surface area contributed by atoms with Crippen LogP contribution in [0.4, 0.5) is 4.79 Å². The number of hydrogen-bond donors (Lipinski definition) is 1. The summed E-state index contributed by atoms with van der Waals surface area (Å²) in [4.78, 5) is 11.2. The first-order valence-electron chi connectivity index (χ1n) is 6.73. The predicted octanol–water partition coefficient (Wildman–Crippen LogP) is 0.914. The second kappa shape index (κ2) is 5.19. The van der Waals surface area contributed by atoms with E-state index in [9.17, 15) is 9.36 Å². The third-order valence-electron chi connectivity index (χ3n) is 3.63. The molecule has 3 aliphatic rings. The van der Waals surface area contributed by atoms with Crippen LogP contribution in [0.1, 0.15) is 20.3 Å². The van der Waals surface area contributed by atoms with Crippen molar-refractivity contribution in [2.24, 2.45) is 5.73 Å². The van der Waals surface area contributed by atoms with E-state index in [0.717, 1.165) is 0 Å². The Kier molecular flexibility index (Phi) is 3.76. The van der Waals surface area contributed by atoms with Crippen LogP contribution in [-0.4, -0.2) is 49.5 Å². The normalized spacial score (nSPS) is 49.6. The number of nitrogens with two attached hydrogens (primary N) is 1. The zero-order chi connectivity index (χ0) is 15.3. The Hall–Kier alpha value is -0.700. The molecule has 120 valence electrons. The fourth-order valence-electron chi connectivity index (χ4n) is 2.57. The highest BCUT2D eigenvalue weighted by atomic mass is 31.2. The van der Waals surface area contributed by atoms with Gasteiger partial charge in [-0.3, -0.25) is 19.3 Å². The average Bonchev–Trinajstić information content (AvgIpc) is 2.88. The van der Waals surface area contributed by atoms with Gasteiger partial charge in [-0.05, 0) is 20.3 Å². The Balaban J connectivity index is 1.67. The van der Waals surface area contributed by atoms with Gasteiger partial charge in [0.25, 0.3) is 0 Å². The van der Waals surface area contributed by atoms with Gasteiger partial charge in [0.1, 0.15) is 6.61 Å². The minimum absolute atomic E-state index is 0.234. The monoisotopic (exact) mass is 323 g/mol. The van der Waals surface area contributed by atoms with Crippen molar-refractivity contribution >= 4 is 14.0 Å². The molecule has 0 aromatic rings. The molecule has 2 N–H and O–H groups in total. The largest absolute Gasteiger partial charge is 0.509 e. The van der Waals surface area contributed by atoms with Gasteiger partial charge in [0, 0.05) is 0 Å². The Morgan fingerprint density at radius 3 is 2.90 bits per heavy atom. The topological polar surface area (TPSA) is 116 Å². The molecule has 3 rings (SSSR count). The van der Waals surface area contributed by atoms with E-state index in [0.29, 0.717) is 6.42 Å². The van der Waals surface area contributed by atoms with E-state index in [4.69, 9.17) is 33.5 Å². The second-order valence-electron chi connectivity index (χ2n) is 5.41. The maximum absolute atomic E-state index is 12.3. The van der Waals surface area contributed by atoms with E-state index in [1.54, 1.807) is 13.8 Å². The second-order valence-corrected chi connectivity index (χ2v) is 7.03. The Morgan fingerprint density at radius 2 is 2.19 bits per heavy atom. The van der Waals surface area contributed by atoms with Crippen molar-refractivity contribution in [1.29, 1.82) is 0 Å². The number of rotatable bonds is 3. The van der Waals surface area contributed by atoms with Gasteiger partial charge in [0.05, 0.1) is 18.8 Å². The number of phosphoric acid groups is 1. The Bertz CT molecular complexity index is 487. The lowest BCUT2D eigenvalue weighted by Gasteiger charge is -2.31. The average molecular weight is 323 g/mol. The molecular formula is C11H18NO8P. The van der Waals surface area contributed by atoms with Gasteiger partial charge in [-0.25, -0.2) is 9.36 Å². The van der Waals surface area contributed by atoms with Crippen LogP contribution < -0.4 is 5.73 Å². The van der Waals surface area contributed by atoms with E-state index in [2.05, 4.69) is 0 Å². The van der Waals surface area contributed by atoms with Crippen LogP contribution in [0.15, 0.2) is 0 Å². The highest BCUT2D eigenvalue weighted by Gasteiger charge is 2.60. The van der Waals surface area contributed by atoms with E-state index >= 15 is 0 Å². The molecule has 3 saturated heterocycles. The number of phosphoric ester groups is 1. The molecule has 21 heavy (non-hydrogen) atoms. The van der Waals surface area contributed by atoms with E-state index < -0.39 is 38.0 Å². The van der Waals surface area contributed by atoms with Crippen molar-refractivity contribution in [3.05, 3.63) is 0 Å². The third-order valence-corrected chi connectivity index (χ3v) is 5.20. The minimum Gasteiger partial charge on any atom is -0.424 e. The fraction of sp³-hybridized carbons (Fsp3) is 0.909. The molecule has 3 heterocycles. The van der Waals surface area contributed by atoms with Crippen LogP contribution in [0.2, 0.25) is 0 Å². The standard InChI is InChI=1S/C11H18NO8P/c1-6-3-4-15-21(14,20-6)16-5-11(12)9-8(7(2)19-11)17-10(13)18-9/h6-9H,3-5,12H2,1-2H3/t6?,7-,8-,9-,11+,21?/m0/s1. The van der Waals surface area contributed by atoms with Crippen LogP contribution in [0, 0.1) is 0 Å². The predicted molar refractivity (Wildman–Crippen MR) is 67.3 cm³/mol. The molecule has 0 aromatic heterocycles. The minimum atomic E-state index is -3.68. The van der Waals surface area contributed by atoms with Gasteiger partial charge in [-0.2, -0.15) is 0 Å². The molecule has 0 aliphatic carbocycles. The SMILES string of the molecule is CC1CCOP(=O)(OC[C@@]2(N)O[C@@H](C)[C@@H]3OC(=O)O[C@@H]32)O1. The van der Waals surface area contributed by atoms with Crippen LogP contribution in [0.3, 0.4) is 0 Å². The van der Waals surface area contributed by atoms with Gasteiger partial charge in [0.2, 0.25) is 0 Å². The van der Waals surface area contributed by atoms with E-state index in [1.165, 1.54) is 0 Å². The van der Waals surface area contributed by atoms with Gasteiger partial charge in [-0.1, -0.05) is 0 Å². The number of fused-ring (bicyclic) bond motifs is 1. The Morgan fingerprint density at radius 1 is 1.43 bits per heavy atom. The lowest BCUT2D eigenvalue weighted by Crippen LogP contribution is -2.54. The van der Waals surface area contributed by atoms with Crippen LogP contribution in [-0.2, 0) is 32.3 Å². The van der Waals surface area contributed by atoms with Crippen LogP contribution in [0.5, 0.6) is 0 Å². The third kappa shape index (κ3) is 2.81. The molecule has 0 aromatic carbocycles. The first-order valence-corrected chi connectivity index (χ1v) is 8.19. The molecule has 0 bridgehead atoms. The van der Waals surface area contributed by atoms with Crippen LogP contribution in [0.25, 0.3) is 0 Å². The number of carbonyl (C=O) groups is 1. The quantitative estimate of drug-likeness (QED) is 0.597. The summed E-state index contributed by atoms with van der Waals surface area (Å²) in [6.45, 7) is 3.44. The molecule has 0 amide bonds. The van der Waals surface area contributed by atoms with Gasteiger partial charge < -0.3 is 14.2 Å². The highest BCUT2D eigenvalue weighted by Crippen LogP contribution is 2.54. The van der Waals surface area contributed by atoms with Crippen molar-refractivity contribution < 1.29 is 37.1 Å². The van der Waals surface area contributed by atoms with Crippen molar-refractivity contribution in [2.45, 2.75) is 50.4 Å². The van der Waals surface area contributed by atoms with E-state index in [-0.39, 0.29) is 19.3 Å². The van der Waals surface area contributed by atoms with Crippen molar-refractivity contribution in [3.8, 4) is 0 Å². The zero-order valence-electron chi connectivity index (χ0n) is 11.7. The van der Waals surface area contributed by atoms with Crippen molar-refractivity contribution in [1.82, 2.24) is 0 Å². The summed E-state index contributed by atoms with van der Waals surface area (Å²) >= 11 is 0. The first kappa shape index (κ1) is 15.2.